The molecule has 1 atom stereocenters. The number of fused-ring (bicyclic) bond motifs is 6. The predicted molar refractivity (Wildman–Crippen MR) is 220 cm³/mol. The van der Waals surface area contributed by atoms with Crippen LogP contribution in [0.25, 0.3) is 43.9 Å². The minimum Gasteiger partial charge on any atom is -0.384 e. The molecule has 0 aliphatic carbocycles. The van der Waals surface area contributed by atoms with Crippen molar-refractivity contribution in [3.63, 3.8) is 0 Å². The molecule has 2 amide bonds. The van der Waals surface area contributed by atoms with E-state index in [-0.39, 0.29) is 12.6 Å². The molecule has 0 bridgehead atoms. The summed E-state index contributed by atoms with van der Waals surface area (Å²) >= 11 is 0. The lowest BCUT2D eigenvalue weighted by Gasteiger charge is -2.22. The maximum absolute atomic E-state index is 12.3. The zero-order chi connectivity index (χ0) is 39.4. The van der Waals surface area contributed by atoms with Crippen LogP contribution in [0.5, 0.6) is 0 Å². The molecule has 292 valence electrons. The molecule has 8 N–H and O–H groups in total. The number of pyridine rings is 2. The molecule has 15 heteroatoms. The third kappa shape index (κ3) is 8.21. The van der Waals surface area contributed by atoms with Crippen molar-refractivity contribution in [2.75, 3.05) is 50.3 Å². The van der Waals surface area contributed by atoms with Crippen LogP contribution < -0.4 is 27.8 Å². The van der Waals surface area contributed by atoms with Gasteiger partial charge in [0.1, 0.15) is 29.3 Å². The quantitative estimate of drug-likeness (QED) is 0.0756. The first-order valence-corrected chi connectivity index (χ1v) is 18.7. The average Bonchev–Trinajstić information content (AvgIpc) is 3.73. The van der Waals surface area contributed by atoms with E-state index in [1.807, 2.05) is 93.6 Å². The summed E-state index contributed by atoms with van der Waals surface area (Å²) in [6.07, 6.45) is 0.177. The Labute approximate surface area is 324 Å². The van der Waals surface area contributed by atoms with Crippen molar-refractivity contribution in [3.05, 3.63) is 90.0 Å². The number of nitrogen functional groups attached to an aromatic ring is 2. The number of rotatable bonds is 16. The molecule has 7 rings (SSSR count). The highest BCUT2D eigenvalue weighted by Crippen LogP contribution is 2.35. The summed E-state index contributed by atoms with van der Waals surface area (Å²) in [6, 6.07) is 22.9. The van der Waals surface area contributed by atoms with Gasteiger partial charge in [-0.1, -0.05) is 54.6 Å². The van der Waals surface area contributed by atoms with E-state index in [1.54, 1.807) is 7.11 Å². The number of hydrogen-bond acceptors (Lipinski definition) is 11. The molecule has 4 aromatic heterocycles. The number of methoxy groups -OCH3 is 1. The first-order chi connectivity index (χ1) is 27.0. The zero-order valence-corrected chi connectivity index (χ0v) is 32.2. The molecule has 0 spiro atoms. The van der Waals surface area contributed by atoms with Gasteiger partial charge in [0.25, 0.3) is 0 Å². The van der Waals surface area contributed by atoms with Gasteiger partial charge in [-0.3, -0.25) is 0 Å². The second kappa shape index (κ2) is 16.5. The second-order valence-electron chi connectivity index (χ2n) is 14.5. The monoisotopic (exact) mass is 759 g/mol. The van der Waals surface area contributed by atoms with Crippen LogP contribution in [0.2, 0.25) is 0 Å². The number of carbonyl (C=O) groups is 1. The normalized spacial score (nSPS) is 12.6. The Morgan fingerprint density at radius 1 is 0.804 bits per heavy atom. The number of imidazole rings is 2. The molecule has 3 aromatic carbocycles. The van der Waals surface area contributed by atoms with Crippen LogP contribution in [-0.4, -0.2) is 74.1 Å². The van der Waals surface area contributed by atoms with Crippen LogP contribution in [0.4, 0.5) is 22.1 Å². The van der Waals surface area contributed by atoms with Crippen molar-refractivity contribution in [2.45, 2.75) is 58.5 Å². The van der Waals surface area contributed by atoms with E-state index in [4.69, 9.17) is 46.4 Å². The summed E-state index contributed by atoms with van der Waals surface area (Å²) in [5.41, 5.74) is 25.2. The Morgan fingerprint density at radius 2 is 1.50 bits per heavy atom. The lowest BCUT2D eigenvalue weighted by atomic mass is 10.0. The number of carbonyl (C=O) groups excluding carboxylic acids is 1. The smallest absolute Gasteiger partial charge is 0.319 e. The molecule has 0 radical (unpaired) electrons. The standard InChI is InChI=1S/C41H49N11O4/c1-25(56-23-32-49-34-36(52(32)24-41(2,3)44)28-13-8-9-16-30(28)47-38(34)42)27-14-10-15-29-33(27)50-39(43)35-37(29)51(31(48-35)17-20-54-4)19-22-55-21-18-45-40(53)46-26-11-6-5-7-12-26/h5-16,25H,17-24,44H2,1-4H3,(H2,42,47)(H2,43,50)(H2,45,46,53). The number of ether oxygens (including phenoxy) is 3. The molecular formula is C41H49N11O4. The van der Waals surface area contributed by atoms with E-state index in [0.717, 1.165) is 49.9 Å². The number of aromatic nitrogens is 6. The summed E-state index contributed by atoms with van der Waals surface area (Å²) < 4.78 is 22.2. The number of urea groups is 1. The Kier molecular flexibility index (Phi) is 11.3. The van der Waals surface area contributed by atoms with Crippen LogP contribution in [-0.2, 0) is 40.3 Å². The minimum absolute atomic E-state index is 0.188. The summed E-state index contributed by atoms with van der Waals surface area (Å²) in [4.78, 5) is 31.6. The minimum atomic E-state index is -0.540. The third-order valence-corrected chi connectivity index (χ3v) is 9.55. The topological polar surface area (TPSA) is 208 Å². The number of hydrogen-bond donors (Lipinski definition) is 5. The highest BCUT2D eigenvalue weighted by Gasteiger charge is 2.24. The fourth-order valence-electron chi connectivity index (χ4n) is 7.03. The zero-order valence-electron chi connectivity index (χ0n) is 32.2. The van der Waals surface area contributed by atoms with Crippen LogP contribution in [0.3, 0.4) is 0 Å². The first kappa shape index (κ1) is 38.4. The van der Waals surface area contributed by atoms with E-state index in [9.17, 15) is 4.79 Å². The van der Waals surface area contributed by atoms with Crippen LogP contribution in [0.1, 0.15) is 44.1 Å². The third-order valence-electron chi connectivity index (χ3n) is 9.55. The van der Waals surface area contributed by atoms with Crippen LogP contribution in [0, 0.1) is 0 Å². The van der Waals surface area contributed by atoms with Gasteiger partial charge >= 0.3 is 6.03 Å². The molecule has 56 heavy (non-hydrogen) atoms. The first-order valence-electron chi connectivity index (χ1n) is 18.7. The van der Waals surface area contributed by atoms with Crippen molar-refractivity contribution in [1.82, 2.24) is 34.4 Å². The maximum Gasteiger partial charge on any atom is 0.319 e. The van der Waals surface area contributed by atoms with Crippen molar-refractivity contribution < 1.29 is 19.0 Å². The number of nitrogens with one attached hydrogen (secondary N) is 2. The molecule has 15 nitrogen and oxygen atoms in total. The van der Waals surface area contributed by atoms with Crippen molar-refractivity contribution in [2.24, 2.45) is 5.73 Å². The summed E-state index contributed by atoms with van der Waals surface area (Å²) in [5, 5.41) is 7.46. The summed E-state index contributed by atoms with van der Waals surface area (Å²) in [6.45, 7) is 8.68. The average molecular weight is 760 g/mol. The fourth-order valence-corrected chi connectivity index (χ4v) is 7.03. The van der Waals surface area contributed by atoms with Gasteiger partial charge in [-0.15, -0.1) is 0 Å². The number of amides is 2. The lowest BCUT2D eigenvalue weighted by Crippen LogP contribution is -2.37. The van der Waals surface area contributed by atoms with Gasteiger partial charge in [0, 0.05) is 60.7 Å². The predicted octanol–water partition coefficient (Wildman–Crippen LogP) is 5.69. The highest BCUT2D eigenvalue weighted by atomic mass is 16.5. The van der Waals surface area contributed by atoms with E-state index in [0.29, 0.717) is 74.4 Å². The molecule has 0 aliphatic rings. The van der Waals surface area contributed by atoms with Crippen molar-refractivity contribution in [1.29, 1.82) is 0 Å². The number of para-hydroxylation sites is 3. The molecule has 7 aromatic rings. The largest absolute Gasteiger partial charge is 0.384 e. The SMILES string of the molecule is COCCc1nc2c(N)nc3c(C(C)OCc4nc5c(N)nc6ccccc6c5n4CC(C)(C)N)cccc3c2n1CCOCCNC(=O)Nc1ccccc1. The van der Waals surface area contributed by atoms with Gasteiger partial charge < -0.3 is 51.2 Å². The molecule has 0 saturated heterocycles. The van der Waals surface area contributed by atoms with Crippen molar-refractivity contribution in [3.8, 4) is 0 Å². The Hall–Kier alpha value is -5.87. The van der Waals surface area contributed by atoms with Crippen molar-refractivity contribution >= 4 is 67.2 Å². The van der Waals surface area contributed by atoms with Gasteiger partial charge in [-0.25, -0.2) is 24.7 Å². The van der Waals surface area contributed by atoms with Gasteiger partial charge in [0.2, 0.25) is 0 Å². The van der Waals surface area contributed by atoms with Crippen LogP contribution >= 0.6 is 0 Å². The van der Waals surface area contributed by atoms with E-state index in [1.165, 1.54) is 0 Å². The molecule has 4 heterocycles. The molecule has 0 saturated carbocycles. The molecule has 0 aliphatic heterocycles. The molecular weight excluding hydrogens is 711 g/mol. The van der Waals surface area contributed by atoms with Gasteiger partial charge in [0.05, 0.1) is 48.0 Å². The van der Waals surface area contributed by atoms with Gasteiger partial charge in [-0.05, 0) is 39.0 Å². The fraction of sp³-hybridized carbons (Fsp3) is 0.341. The maximum atomic E-state index is 12.3. The van der Waals surface area contributed by atoms with Gasteiger partial charge in [-0.2, -0.15) is 0 Å². The van der Waals surface area contributed by atoms with E-state index in [2.05, 4.69) is 24.8 Å². The Bertz CT molecular complexity index is 2490. The Balaban J connectivity index is 1.13. The second-order valence-corrected chi connectivity index (χ2v) is 14.5. The molecule has 1 unspecified atom stereocenters. The van der Waals surface area contributed by atoms with E-state index >= 15 is 0 Å². The number of nitrogens with zero attached hydrogens (tertiary/aromatic N) is 6. The number of benzene rings is 3. The molecule has 0 fully saturated rings. The summed E-state index contributed by atoms with van der Waals surface area (Å²) in [5.74, 6) is 2.18. The number of nitrogens with two attached hydrogens (primary N) is 3. The van der Waals surface area contributed by atoms with Crippen LogP contribution in [0.15, 0.2) is 72.8 Å². The van der Waals surface area contributed by atoms with Gasteiger partial charge in [0.15, 0.2) is 11.6 Å². The number of anilines is 3. The Morgan fingerprint density at radius 3 is 2.27 bits per heavy atom. The summed E-state index contributed by atoms with van der Waals surface area (Å²) in [7, 11) is 1.66. The lowest BCUT2D eigenvalue weighted by molar-refractivity contribution is 0.0473. The highest BCUT2D eigenvalue weighted by molar-refractivity contribution is 6.08. The van der Waals surface area contributed by atoms with E-state index < -0.39 is 11.6 Å².